The Morgan fingerprint density at radius 2 is 2.00 bits per heavy atom. The van der Waals surface area contributed by atoms with Crippen LogP contribution in [-0.4, -0.2) is 22.5 Å². The molecule has 2 aromatic heterocycles. The van der Waals surface area contributed by atoms with E-state index >= 15 is 0 Å². The molecule has 0 atom stereocenters. The lowest BCUT2D eigenvalue weighted by atomic mass is 10.1. The predicted molar refractivity (Wildman–Crippen MR) is 81.7 cm³/mol. The van der Waals surface area contributed by atoms with E-state index < -0.39 is 5.97 Å². The van der Waals surface area contributed by atoms with E-state index in [0.29, 0.717) is 22.2 Å². The number of carbonyl (C=O) groups excluding carboxylic acids is 1. The van der Waals surface area contributed by atoms with Gasteiger partial charge in [0.2, 0.25) is 0 Å². The maximum atomic E-state index is 12.0. The maximum absolute atomic E-state index is 12.0. The van der Waals surface area contributed by atoms with Crippen molar-refractivity contribution in [1.29, 1.82) is 0 Å². The van der Waals surface area contributed by atoms with Gasteiger partial charge in [-0.05, 0) is 25.1 Å². The quantitative estimate of drug-likeness (QED) is 0.677. The molecular weight excluding hydrogens is 288 g/mol. The largest absolute Gasteiger partial charge is 0.464 e. The molecule has 106 valence electrons. The second-order valence-corrected chi connectivity index (χ2v) is 5.08. The van der Waals surface area contributed by atoms with E-state index in [1.165, 1.54) is 7.11 Å². The molecule has 2 heterocycles. The Bertz CT molecular complexity index is 839. The van der Waals surface area contributed by atoms with Gasteiger partial charge < -0.3 is 4.74 Å². The van der Waals surface area contributed by atoms with E-state index in [9.17, 15) is 4.79 Å². The summed E-state index contributed by atoms with van der Waals surface area (Å²) in [6.07, 6.45) is 0. The monoisotopic (exact) mass is 300 g/mol. The Balaban J connectivity index is 2.35. The van der Waals surface area contributed by atoms with E-state index in [-0.39, 0.29) is 0 Å². The van der Waals surface area contributed by atoms with Gasteiger partial charge in [-0.1, -0.05) is 41.4 Å². The maximum Gasteiger partial charge on any atom is 0.355 e. The smallest absolute Gasteiger partial charge is 0.355 e. The van der Waals surface area contributed by atoms with Crippen LogP contribution in [0.5, 0.6) is 0 Å². The Kier molecular flexibility index (Phi) is 3.39. The molecule has 5 heteroatoms. The zero-order valence-corrected chi connectivity index (χ0v) is 12.4. The third kappa shape index (κ3) is 2.28. The van der Waals surface area contributed by atoms with Crippen molar-refractivity contribution in [3.05, 3.63) is 58.9 Å². The van der Waals surface area contributed by atoms with Crippen LogP contribution < -0.4 is 0 Å². The average Bonchev–Trinajstić information content (AvgIpc) is 2.84. The van der Waals surface area contributed by atoms with Crippen LogP contribution in [-0.2, 0) is 4.74 Å². The number of halogens is 1. The average molecular weight is 301 g/mol. The van der Waals surface area contributed by atoms with Crippen LogP contribution in [0.25, 0.3) is 16.9 Å². The zero-order chi connectivity index (χ0) is 15.0. The highest BCUT2D eigenvalue weighted by atomic mass is 35.5. The molecule has 1 aromatic carbocycles. The number of carbonyl (C=O) groups is 1. The van der Waals surface area contributed by atoms with Gasteiger partial charge in [-0.2, -0.15) is 0 Å². The fourth-order valence-electron chi connectivity index (χ4n) is 2.34. The van der Waals surface area contributed by atoms with E-state index in [1.54, 1.807) is 16.5 Å². The number of benzene rings is 1. The van der Waals surface area contributed by atoms with Crippen LogP contribution in [0, 0.1) is 6.92 Å². The number of rotatable bonds is 2. The van der Waals surface area contributed by atoms with Crippen LogP contribution in [0.3, 0.4) is 0 Å². The summed E-state index contributed by atoms with van der Waals surface area (Å²) in [7, 11) is 1.35. The number of nitrogens with zero attached hydrogens (tertiary/aromatic N) is 2. The first-order chi connectivity index (χ1) is 10.1. The molecular formula is C16H13ClN2O2. The number of ether oxygens (including phenoxy) is 1. The number of aromatic nitrogens is 2. The highest BCUT2D eigenvalue weighted by Crippen LogP contribution is 2.28. The summed E-state index contributed by atoms with van der Waals surface area (Å²) in [6.45, 7) is 2.00. The number of aryl methyl sites for hydroxylation is 1. The van der Waals surface area contributed by atoms with Crippen LogP contribution >= 0.6 is 11.6 Å². The summed E-state index contributed by atoms with van der Waals surface area (Å²) in [4.78, 5) is 16.4. The molecule has 21 heavy (non-hydrogen) atoms. The molecule has 0 radical (unpaired) electrons. The van der Waals surface area contributed by atoms with Crippen molar-refractivity contribution in [2.75, 3.05) is 7.11 Å². The lowest BCUT2D eigenvalue weighted by Crippen LogP contribution is -2.08. The van der Waals surface area contributed by atoms with E-state index in [4.69, 9.17) is 16.3 Å². The normalized spacial score (nSPS) is 10.8. The summed E-state index contributed by atoms with van der Waals surface area (Å²) >= 11 is 6.20. The van der Waals surface area contributed by atoms with Gasteiger partial charge in [0.15, 0.2) is 5.15 Å². The van der Waals surface area contributed by atoms with Crippen LogP contribution in [0.4, 0.5) is 0 Å². The Morgan fingerprint density at radius 3 is 2.71 bits per heavy atom. The predicted octanol–water partition coefficient (Wildman–Crippen LogP) is 3.75. The molecule has 0 saturated carbocycles. The van der Waals surface area contributed by atoms with Gasteiger partial charge in [0.25, 0.3) is 0 Å². The molecule has 0 amide bonds. The van der Waals surface area contributed by atoms with Crippen molar-refractivity contribution in [3.8, 4) is 11.4 Å². The standard InChI is InChI=1S/C16H13ClN2O2/c1-10-5-3-6-11(9-10)15-18-14(17)12-7-4-8-13(19(12)15)16(20)21-2/h3-9H,1-2H3. The van der Waals surface area contributed by atoms with Gasteiger partial charge in [-0.3, -0.25) is 4.40 Å². The van der Waals surface area contributed by atoms with Crippen molar-refractivity contribution < 1.29 is 9.53 Å². The molecule has 0 aliphatic rings. The van der Waals surface area contributed by atoms with Gasteiger partial charge in [0.05, 0.1) is 12.6 Å². The molecule has 0 aliphatic carbocycles. The minimum absolute atomic E-state index is 0.359. The Labute approximate surface area is 126 Å². The van der Waals surface area contributed by atoms with Crippen molar-refractivity contribution in [1.82, 2.24) is 9.38 Å². The molecule has 0 aliphatic heterocycles. The number of methoxy groups -OCH3 is 1. The summed E-state index contributed by atoms with van der Waals surface area (Å²) in [6, 6.07) is 13.2. The first-order valence-corrected chi connectivity index (χ1v) is 6.82. The third-order valence-corrected chi connectivity index (χ3v) is 3.57. The molecule has 0 unspecified atom stereocenters. The Hall–Kier alpha value is -2.33. The zero-order valence-electron chi connectivity index (χ0n) is 11.6. The lowest BCUT2D eigenvalue weighted by Gasteiger charge is -2.07. The van der Waals surface area contributed by atoms with E-state index in [0.717, 1.165) is 11.1 Å². The number of imidazole rings is 1. The van der Waals surface area contributed by atoms with Gasteiger partial charge in [-0.15, -0.1) is 0 Å². The minimum Gasteiger partial charge on any atom is -0.464 e. The topological polar surface area (TPSA) is 43.6 Å². The van der Waals surface area contributed by atoms with Crippen molar-refractivity contribution in [2.24, 2.45) is 0 Å². The van der Waals surface area contributed by atoms with Crippen LogP contribution in [0.15, 0.2) is 42.5 Å². The first-order valence-electron chi connectivity index (χ1n) is 6.44. The molecule has 0 spiro atoms. The number of hydrogen-bond donors (Lipinski definition) is 0. The molecule has 3 aromatic rings. The lowest BCUT2D eigenvalue weighted by molar-refractivity contribution is 0.0592. The molecule has 0 fully saturated rings. The molecule has 0 bridgehead atoms. The van der Waals surface area contributed by atoms with Gasteiger partial charge >= 0.3 is 5.97 Å². The fraction of sp³-hybridized carbons (Fsp3) is 0.125. The summed E-state index contributed by atoms with van der Waals surface area (Å²) in [5.74, 6) is 0.197. The first kappa shape index (κ1) is 13.6. The van der Waals surface area contributed by atoms with Gasteiger partial charge in [-0.25, -0.2) is 9.78 Å². The summed E-state index contributed by atoms with van der Waals surface area (Å²) < 4.78 is 6.56. The van der Waals surface area contributed by atoms with Crippen molar-refractivity contribution in [3.63, 3.8) is 0 Å². The Morgan fingerprint density at radius 1 is 1.24 bits per heavy atom. The van der Waals surface area contributed by atoms with Crippen molar-refractivity contribution in [2.45, 2.75) is 6.92 Å². The fourth-order valence-corrected chi connectivity index (χ4v) is 2.57. The SMILES string of the molecule is COC(=O)c1cccc2c(Cl)nc(-c3cccc(C)c3)n12. The number of esters is 1. The molecule has 0 saturated heterocycles. The van der Waals surface area contributed by atoms with E-state index in [2.05, 4.69) is 4.98 Å². The second kappa shape index (κ2) is 5.22. The van der Waals surface area contributed by atoms with Crippen LogP contribution in [0.2, 0.25) is 5.15 Å². The number of pyridine rings is 1. The van der Waals surface area contributed by atoms with Crippen LogP contribution in [0.1, 0.15) is 16.1 Å². The summed E-state index contributed by atoms with van der Waals surface area (Å²) in [5.41, 5.74) is 3.08. The molecule has 3 rings (SSSR count). The third-order valence-electron chi connectivity index (χ3n) is 3.29. The van der Waals surface area contributed by atoms with Gasteiger partial charge in [0.1, 0.15) is 11.5 Å². The minimum atomic E-state index is -0.427. The highest BCUT2D eigenvalue weighted by molar-refractivity contribution is 6.33. The summed E-state index contributed by atoms with van der Waals surface area (Å²) in [5, 5.41) is 0.359. The number of fused-ring (bicyclic) bond motifs is 1. The van der Waals surface area contributed by atoms with Crippen molar-refractivity contribution >= 4 is 23.1 Å². The number of hydrogen-bond acceptors (Lipinski definition) is 3. The molecule has 0 N–H and O–H groups in total. The molecule has 4 nitrogen and oxygen atoms in total. The second-order valence-electron chi connectivity index (χ2n) is 4.72. The van der Waals surface area contributed by atoms with Gasteiger partial charge in [0, 0.05) is 5.56 Å². The van der Waals surface area contributed by atoms with E-state index in [1.807, 2.05) is 37.3 Å². The highest BCUT2D eigenvalue weighted by Gasteiger charge is 2.18.